The summed E-state index contributed by atoms with van der Waals surface area (Å²) in [6.45, 7) is 5.80. The summed E-state index contributed by atoms with van der Waals surface area (Å²) in [5, 5.41) is 21.2. The maximum Gasteiger partial charge on any atom is 0.273 e. The van der Waals surface area contributed by atoms with Crippen LogP contribution >= 0.6 is 11.3 Å². The van der Waals surface area contributed by atoms with Crippen LogP contribution in [0.15, 0.2) is 28.0 Å². The van der Waals surface area contributed by atoms with E-state index in [4.69, 9.17) is 0 Å². The van der Waals surface area contributed by atoms with E-state index in [-0.39, 0.29) is 0 Å². The van der Waals surface area contributed by atoms with Gasteiger partial charge in [-0.05, 0) is 43.7 Å². The molecular weight excluding hydrogens is 272 g/mol. The van der Waals surface area contributed by atoms with Crippen LogP contribution in [0.25, 0.3) is 5.95 Å². The van der Waals surface area contributed by atoms with Gasteiger partial charge in [-0.25, -0.2) is 4.68 Å². The summed E-state index contributed by atoms with van der Waals surface area (Å²) in [4.78, 5) is 0. The Labute approximate surface area is 120 Å². The van der Waals surface area contributed by atoms with Crippen LogP contribution in [-0.2, 0) is 0 Å². The zero-order chi connectivity index (χ0) is 14.1. The van der Waals surface area contributed by atoms with Gasteiger partial charge >= 0.3 is 0 Å². The van der Waals surface area contributed by atoms with Gasteiger partial charge in [-0.15, -0.1) is 10.2 Å². The van der Waals surface area contributed by atoms with Gasteiger partial charge in [0.2, 0.25) is 0 Å². The highest BCUT2D eigenvalue weighted by molar-refractivity contribution is 7.08. The Hall–Kier alpha value is -2.28. The van der Waals surface area contributed by atoms with Gasteiger partial charge in [0.1, 0.15) is 0 Å². The summed E-state index contributed by atoms with van der Waals surface area (Å²) in [7, 11) is 0. The van der Waals surface area contributed by atoms with Gasteiger partial charge in [0.05, 0.1) is 11.9 Å². The van der Waals surface area contributed by atoms with Crippen molar-refractivity contribution in [2.45, 2.75) is 20.8 Å². The normalized spacial score (nSPS) is 11.6. The molecule has 0 bridgehead atoms. The first-order chi connectivity index (χ1) is 9.65. The number of hydrogen-bond acceptors (Lipinski definition) is 5. The van der Waals surface area contributed by atoms with Gasteiger partial charge < -0.3 is 0 Å². The smallest absolute Gasteiger partial charge is 0.202 e. The summed E-state index contributed by atoms with van der Waals surface area (Å²) in [5.74, 6) is 1.32. The first kappa shape index (κ1) is 12.7. The fourth-order valence-electron chi connectivity index (χ4n) is 1.92. The Morgan fingerprint density at radius 3 is 2.75 bits per heavy atom. The topological polar surface area (TPSA) is 60.9 Å². The Balaban J connectivity index is 2.04. The van der Waals surface area contributed by atoms with Crippen molar-refractivity contribution < 1.29 is 0 Å². The number of hydrogen-bond donors (Lipinski definition) is 0. The van der Waals surface area contributed by atoms with Gasteiger partial charge in [-0.1, -0.05) is 0 Å². The number of nitrogens with zero attached hydrogens (tertiary/aromatic N) is 6. The Bertz CT molecular complexity index is 750. The van der Waals surface area contributed by atoms with Crippen LogP contribution in [-0.4, -0.2) is 30.9 Å². The Morgan fingerprint density at radius 2 is 2.10 bits per heavy atom. The molecule has 0 amide bonds. The lowest BCUT2D eigenvalue weighted by Crippen LogP contribution is -2.07. The van der Waals surface area contributed by atoms with Crippen LogP contribution in [0.2, 0.25) is 0 Å². The molecule has 3 rings (SSSR count). The molecule has 3 heterocycles. The number of thiophene rings is 1. The molecular formula is C13H14N6S. The van der Waals surface area contributed by atoms with Crippen LogP contribution in [0.4, 0.5) is 0 Å². The first-order valence-electron chi connectivity index (χ1n) is 6.17. The average molecular weight is 286 g/mol. The molecule has 3 aromatic heterocycles. The summed E-state index contributed by atoms with van der Waals surface area (Å²) in [6, 6.07) is 4.01. The molecule has 0 saturated heterocycles. The van der Waals surface area contributed by atoms with E-state index >= 15 is 0 Å². The highest BCUT2D eigenvalue weighted by Crippen LogP contribution is 2.11. The second kappa shape index (κ2) is 5.01. The van der Waals surface area contributed by atoms with Gasteiger partial charge in [0.25, 0.3) is 5.95 Å². The van der Waals surface area contributed by atoms with Crippen molar-refractivity contribution in [2.75, 3.05) is 0 Å². The monoisotopic (exact) mass is 286 g/mol. The molecule has 0 saturated carbocycles. The molecule has 0 N–H and O–H groups in total. The maximum atomic E-state index is 4.45. The quantitative estimate of drug-likeness (QED) is 0.694. The standard InChI is InChI=1S/C13H14N6S/c1-9-6-10(2)18(17-9)13-16-15-11(3)19(13)14-7-12-4-5-20-8-12/h4-8H,1-3H3. The molecule has 20 heavy (non-hydrogen) atoms. The van der Waals surface area contributed by atoms with Crippen LogP contribution in [0.1, 0.15) is 22.8 Å². The van der Waals surface area contributed by atoms with Crippen molar-refractivity contribution >= 4 is 17.6 Å². The number of rotatable bonds is 3. The molecule has 6 nitrogen and oxygen atoms in total. The maximum absolute atomic E-state index is 4.45. The van der Waals surface area contributed by atoms with Crippen molar-refractivity contribution in [3.63, 3.8) is 0 Å². The molecule has 0 spiro atoms. The predicted molar refractivity (Wildman–Crippen MR) is 78.7 cm³/mol. The lowest BCUT2D eigenvalue weighted by molar-refractivity contribution is 0.708. The van der Waals surface area contributed by atoms with Gasteiger partial charge in [0, 0.05) is 11.3 Å². The molecule has 7 heteroatoms. The summed E-state index contributed by atoms with van der Waals surface area (Å²) < 4.78 is 3.44. The van der Waals surface area contributed by atoms with E-state index in [1.54, 1.807) is 26.9 Å². The van der Waals surface area contributed by atoms with Crippen LogP contribution in [0.3, 0.4) is 0 Å². The van der Waals surface area contributed by atoms with Crippen LogP contribution < -0.4 is 0 Å². The van der Waals surface area contributed by atoms with E-state index in [9.17, 15) is 0 Å². The van der Waals surface area contributed by atoms with Crippen molar-refractivity contribution in [1.82, 2.24) is 24.7 Å². The van der Waals surface area contributed by atoms with Crippen molar-refractivity contribution in [2.24, 2.45) is 5.10 Å². The first-order valence-corrected chi connectivity index (χ1v) is 7.11. The van der Waals surface area contributed by atoms with E-state index in [1.807, 2.05) is 43.7 Å². The third-order valence-corrected chi connectivity index (χ3v) is 3.55. The highest BCUT2D eigenvalue weighted by Gasteiger charge is 2.13. The molecule has 0 aliphatic rings. The number of aryl methyl sites for hydroxylation is 3. The van der Waals surface area contributed by atoms with Gasteiger partial charge in [0.15, 0.2) is 5.82 Å². The molecule has 0 fully saturated rings. The van der Waals surface area contributed by atoms with E-state index in [0.29, 0.717) is 5.95 Å². The minimum Gasteiger partial charge on any atom is -0.202 e. The fourth-order valence-corrected chi connectivity index (χ4v) is 2.53. The second-order valence-corrected chi connectivity index (χ2v) is 5.28. The summed E-state index contributed by atoms with van der Waals surface area (Å²) in [5.41, 5.74) is 3.00. The third-order valence-electron chi connectivity index (χ3n) is 2.84. The lowest BCUT2D eigenvalue weighted by atomic mass is 10.4. The van der Waals surface area contributed by atoms with E-state index in [0.717, 1.165) is 22.8 Å². The molecule has 0 aliphatic carbocycles. The number of aromatic nitrogens is 5. The minimum absolute atomic E-state index is 0.597. The second-order valence-electron chi connectivity index (χ2n) is 4.50. The summed E-state index contributed by atoms with van der Waals surface area (Å²) in [6.07, 6.45) is 1.79. The van der Waals surface area contributed by atoms with E-state index < -0.39 is 0 Å². The van der Waals surface area contributed by atoms with E-state index in [2.05, 4.69) is 20.4 Å². The van der Waals surface area contributed by atoms with E-state index in [1.165, 1.54) is 0 Å². The molecule has 0 unspecified atom stereocenters. The Morgan fingerprint density at radius 1 is 1.25 bits per heavy atom. The zero-order valence-corrected chi connectivity index (χ0v) is 12.3. The van der Waals surface area contributed by atoms with Gasteiger partial charge in [-0.2, -0.15) is 26.2 Å². The molecule has 102 valence electrons. The van der Waals surface area contributed by atoms with Gasteiger partial charge in [-0.3, -0.25) is 0 Å². The average Bonchev–Trinajstić information content (AvgIpc) is 3.09. The largest absolute Gasteiger partial charge is 0.273 e. The minimum atomic E-state index is 0.597. The van der Waals surface area contributed by atoms with Crippen molar-refractivity contribution in [3.8, 4) is 5.95 Å². The highest BCUT2D eigenvalue weighted by atomic mass is 32.1. The fraction of sp³-hybridized carbons (Fsp3) is 0.231. The van der Waals surface area contributed by atoms with Crippen molar-refractivity contribution in [3.05, 3.63) is 45.7 Å². The molecule has 0 aliphatic heterocycles. The summed E-state index contributed by atoms with van der Waals surface area (Å²) >= 11 is 1.64. The Kier molecular flexibility index (Phi) is 3.19. The molecule has 0 atom stereocenters. The van der Waals surface area contributed by atoms with Crippen LogP contribution in [0, 0.1) is 20.8 Å². The lowest BCUT2D eigenvalue weighted by Gasteiger charge is -2.03. The van der Waals surface area contributed by atoms with Crippen molar-refractivity contribution in [1.29, 1.82) is 0 Å². The van der Waals surface area contributed by atoms with Crippen LogP contribution in [0.5, 0.6) is 0 Å². The zero-order valence-electron chi connectivity index (χ0n) is 11.5. The SMILES string of the molecule is Cc1cc(C)n(-c2nnc(C)n2N=Cc2ccsc2)n1. The molecule has 3 aromatic rings. The molecule has 0 radical (unpaired) electrons. The molecule has 0 aromatic carbocycles. The predicted octanol–water partition coefficient (Wildman–Crippen LogP) is 2.33. The third kappa shape index (κ3) is 2.27.